The second-order valence-corrected chi connectivity index (χ2v) is 8.61. The van der Waals surface area contributed by atoms with Crippen LogP contribution >= 0.6 is 11.3 Å². The average Bonchev–Trinajstić information content (AvgIpc) is 3.00. The van der Waals surface area contributed by atoms with Crippen molar-refractivity contribution in [3.8, 4) is 0 Å². The molecular formula is C22H25N3O2S. The highest BCUT2D eigenvalue weighted by Gasteiger charge is 2.23. The molecule has 0 spiro atoms. The molecule has 3 rings (SSSR count). The maximum atomic E-state index is 12.9. The lowest BCUT2D eigenvalue weighted by molar-refractivity contribution is -0.118. The molecule has 5 nitrogen and oxygen atoms in total. The van der Waals surface area contributed by atoms with E-state index in [1.807, 2.05) is 64.1 Å². The van der Waals surface area contributed by atoms with Crippen molar-refractivity contribution < 1.29 is 9.59 Å². The summed E-state index contributed by atoms with van der Waals surface area (Å²) in [7, 11) is 0. The quantitative estimate of drug-likeness (QED) is 0.636. The first-order valence-electron chi connectivity index (χ1n) is 9.38. The molecular weight excluding hydrogens is 370 g/mol. The van der Waals surface area contributed by atoms with Crippen LogP contribution in [0.4, 0.5) is 5.69 Å². The number of carbonyl (C=O) groups excluding carboxylic acids is 2. The van der Waals surface area contributed by atoms with Gasteiger partial charge in [0.25, 0.3) is 5.91 Å². The third kappa shape index (κ3) is 4.75. The first-order valence-corrected chi connectivity index (χ1v) is 10.2. The molecule has 0 aliphatic rings. The number of thiazole rings is 1. The molecule has 6 heteroatoms. The Morgan fingerprint density at radius 2 is 1.86 bits per heavy atom. The second kappa shape index (κ2) is 8.52. The first-order chi connectivity index (χ1) is 13.3. The molecule has 2 amide bonds. The molecule has 0 saturated heterocycles. The Kier molecular flexibility index (Phi) is 6.09. The van der Waals surface area contributed by atoms with Crippen LogP contribution in [0.25, 0.3) is 10.2 Å². The Morgan fingerprint density at radius 1 is 1.11 bits per heavy atom. The number of aromatic nitrogens is 1. The fraction of sp³-hybridized carbons (Fsp3) is 0.318. The predicted molar refractivity (Wildman–Crippen MR) is 115 cm³/mol. The van der Waals surface area contributed by atoms with Crippen molar-refractivity contribution in [2.45, 2.75) is 40.2 Å². The second-order valence-electron chi connectivity index (χ2n) is 7.38. The van der Waals surface area contributed by atoms with E-state index in [1.54, 1.807) is 17.4 Å². The molecule has 2 aromatic carbocycles. The Bertz CT molecular complexity index is 1010. The third-order valence-corrected chi connectivity index (χ3v) is 5.42. The lowest BCUT2D eigenvalue weighted by Crippen LogP contribution is -2.44. The summed E-state index contributed by atoms with van der Waals surface area (Å²) in [5, 5.41) is 6.84. The molecule has 2 N–H and O–H groups in total. The summed E-state index contributed by atoms with van der Waals surface area (Å²) in [5.74, 6) is -0.178. The normalized spacial score (nSPS) is 12.2. The van der Waals surface area contributed by atoms with E-state index in [0.29, 0.717) is 17.7 Å². The minimum Gasteiger partial charge on any atom is -0.340 e. The zero-order valence-corrected chi connectivity index (χ0v) is 17.4. The van der Waals surface area contributed by atoms with E-state index >= 15 is 0 Å². The standard InChI is InChI=1S/C22H25N3O2S/c1-13(2)11-19(25-21(26)17-8-6-5-7-14(17)3)22(27)24-16-9-10-18-20(12-16)28-15(4)23-18/h5-10,12-13,19H,11H2,1-4H3,(H,24,27)(H,25,26)/t19-/m0/s1. The van der Waals surface area contributed by atoms with Gasteiger partial charge in [-0.25, -0.2) is 4.98 Å². The van der Waals surface area contributed by atoms with Gasteiger partial charge in [0.1, 0.15) is 6.04 Å². The molecule has 146 valence electrons. The van der Waals surface area contributed by atoms with E-state index in [-0.39, 0.29) is 17.7 Å². The van der Waals surface area contributed by atoms with Crippen molar-refractivity contribution in [2.24, 2.45) is 5.92 Å². The Balaban J connectivity index is 1.76. The summed E-state index contributed by atoms with van der Waals surface area (Å²) in [5.41, 5.74) is 3.10. The monoisotopic (exact) mass is 395 g/mol. The molecule has 0 saturated carbocycles. The highest BCUT2D eigenvalue weighted by molar-refractivity contribution is 7.18. The van der Waals surface area contributed by atoms with Gasteiger partial charge in [0.05, 0.1) is 15.2 Å². The van der Waals surface area contributed by atoms with Crippen LogP contribution in [0.15, 0.2) is 42.5 Å². The first kappa shape index (κ1) is 20.0. The van der Waals surface area contributed by atoms with Gasteiger partial charge in [-0.15, -0.1) is 11.3 Å². The summed E-state index contributed by atoms with van der Waals surface area (Å²) in [6.45, 7) is 7.92. The van der Waals surface area contributed by atoms with Crippen molar-refractivity contribution in [1.82, 2.24) is 10.3 Å². The van der Waals surface area contributed by atoms with E-state index < -0.39 is 6.04 Å². The van der Waals surface area contributed by atoms with Crippen LogP contribution in [0.1, 0.15) is 41.2 Å². The van der Waals surface area contributed by atoms with Gasteiger partial charge >= 0.3 is 0 Å². The number of rotatable bonds is 6. The molecule has 3 aromatic rings. The van der Waals surface area contributed by atoms with Gasteiger partial charge in [-0.2, -0.15) is 0 Å². The van der Waals surface area contributed by atoms with Gasteiger partial charge in [-0.05, 0) is 56.0 Å². The number of anilines is 1. The molecule has 0 bridgehead atoms. The fourth-order valence-electron chi connectivity index (χ4n) is 3.11. The fourth-order valence-corrected chi connectivity index (χ4v) is 3.98. The van der Waals surface area contributed by atoms with Gasteiger partial charge in [-0.1, -0.05) is 32.0 Å². The van der Waals surface area contributed by atoms with Gasteiger partial charge < -0.3 is 10.6 Å². The molecule has 0 radical (unpaired) electrons. The number of aryl methyl sites for hydroxylation is 2. The largest absolute Gasteiger partial charge is 0.340 e. The van der Waals surface area contributed by atoms with E-state index in [2.05, 4.69) is 15.6 Å². The predicted octanol–water partition coefficient (Wildman–Crippen LogP) is 4.70. The number of nitrogens with zero attached hydrogens (tertiary/aromatic N) is 1. The number of carbonyl (C=O) groups is 2. The minimum atomic E-state index is -0.606. The van der Waals surface area contributed by atoms with Crippen LogP contribution < -0.4 is 10.6 Å². The number of amides is 2. The lowest BCUT2D eigenvalue weighted by atomic mass is 10.0. The molecule has 0 aliphatic carbocycles. The third-order valence-electron chi connectivity index (χ3n) is 4.48. The van der Waals surface area contributed by atoms with E-state index in [9.17, 15) is 9.59 Å². The number of hydrogen-bond acceptors (Lipinski definition) is 4. The van der Waals surface area contributed by atoms with Crippen LogP contribution in [0.2, 0.25) is 0 Å². The molecule has 28 heavy (non-hydrogen) atoms. The smallest absolute Gasteiger partial charge is 0.252 e. The lowest BCUT2D eigenvalue weighted by Gasteiger charge is -2.20. The summed E-state index contributed by atoms with van der Waals surface area (Å²) in [6.07, 6.45) is 0.561. The SMILES string of the molecule is Cc1nc2ccc(NC(=O)[C@H](CC(C)C)NC(=O)c3ccccc3C)cc2s1. The summed E-state index contributed by atoms with van der Waals surface area (Å²) >= 11 is 1.59. The Labute approximate surface area is 169 Å². The van der Waals surface area contributed by atoms with Crippen LogP contribution in [-0.2, 0) is 4.79 Å². The minimum absolute atomic E-state index is 0.212. The Morgan fingerprint density at radius 3 is 2.57 bits per heavy atom. The van der Waals surface area contributed by atoms with Gasteiger partial charge in [0.2, 0.25) is 5.91 Å². The van der Waals surface area contributed by atoms with Crippen LogP contribution in [0.5, 0.6) is 0 Å². The van der Waals surface area contributed by atoms with Crippen molar-refractivity contribution in [2.75, 3.05) is 5.32 Å². The van der Waals surface area contributed by atoms with Crippen molar-refractivity contribution in [3.05, 3.63) is 58.6 Å². The molecule has 1 atom stereocenters. The topological polar surface area (TPSA) is 71.1 Å². The highest BCUT2D eigenvalue weighted by Crippen LogP contribution is 2.25. The summed E-state index contributed by atoms with van der Waals surface area (Å²) in [4.78, 5) is 30.0. The van der Waals surface area contributed by atoms with Crippen molar-refractivity contribution in [3.63, 3.8) is 0 Å². The Hall–Kier alpha value is -2.73. The van der Waals surface area contributed by atoms with Gasteiger partial charge in [0.15, 0.2) is 0 Å². The molecule has 1 aromatic heterocycles. The number of hydrogen-bond donors (Lipinski definition) is 2. The van der Waals surface area contributed by atoms with E-state index in [0.717, 1.165) is 20.8 Å². The van der Waals surface area contributed by atoms with Gasteiger partial charge in [-0.3, -0.25) is 9.59 Å². The van der Waals surface area contributed by atoms with Crippen molar-refractivity contribution in [1.29, 1.82) is 0 Å². The van der Waals surface area contributed by atoms with Gasteiger partial charge in [0, 0.05) is 11.3 Å². The zero-order valence-electron chi connectivity index (χ0n) is 16.6. The molecule has 0 fully saturated rings. The maximum Gasteiger partial charge on any atom is 0.252 e. The molecule has 0 aliphatic heterocycles. The number of nitrogens with one attached hydrogen (secondary N) is 2. The van der Waals surface area contributed by atoms with Crippen LogP contribution in [-0.4, -0.2) is 22.8 Å². The maximum absolute atomic E-state index is 12.9. The average molecular weight is 396 g/mol. The van der Waals surface area contributed by atoms with Crippen LogP contribution in [0, 0.1) is 19.8 Å². The van der Waals surface area contributed by atoms with Crippen LogP contribution in [0.3, 0.4) is 0 Å². The molecule has 1 heterocycles. The highest BCUT2D eigenvalue weighted by atomic mass is 32.1. The summed E-state index contributed by atoms with van der Waals surface area (Å²) in [6, 6.07) is 12.4. The number of fused-ring (bicyclic) bond motifs is 1. The van der Waals surface area contributed by atoms with E-state index in [1.165, 1.54) is 0 Å². The summed E-state index contributed by atoms with van der Waals surface area (Å²) < 4.78 is 1.03. The number of benzene rings is 2. The zero-order chi connectivity index (χ0) is 20.3. The van der Waals surface area contributed by atoms with E-state index in [4.69, 9.17) is 0 Å². The van der Waals surface area contributed by atoms with Crippen molar-refractivity contribution >= 4 is 39.1 Å². The molecule has 0 unspecified atom stereocenters.